The SMILES string of the molecule is O=C(O)/C=C/c1ccc(-c2cnc3sc(NCC4CC4)nn23)cc1. The van der Waals surface area contributed by atoms with Crippen LogP contribution in [0.5, 0.6) is 0 Å². The van der Waals surface area contributed by atoms with Crippen molar-refractivity contribution in [3.8, 4) is 11.3 Å². The second-order valence-electron chi connectivity index (χ2n) is 5.86. The Kier molecular flexibility index (Phi) is 3.78. The molecule has 0 amide bonds. The Bertz CT molecular complexity index is 906. The number of benzene rings is 1. The number of nitrogens with one attached hydrogen (secondary N) is 1. The average molecular weight is 340 g/mol. The van der Waals surface area contributed by atoms with E-state index in [1.54, 1.807) is 17.4 Å². The molecule has 0 unspecified atom stereocenters. The topological polar surface area (TPSA) is 79.5 Å². The minimum absolute atomic E-state index is 0.798. The van der Waals surface area contributed by atoms with Gasteiger partial charge in [0.2, 0.25) is 10.1 Å². The third-order valence-corrected chi connectivity index (χ3v) is 4.83. The second kappa shape index (κ2) is 6.09. The van der Waals surface area contributed by atoms with Crippen molar-refractivity contribution in [3.63, 3.8) is 0 Å². The zero-order valence-corrected chi connectivity index (χ0v) is 13.7. The Labute approximate surface area is 142 Å². The number of carboxylic acids is 1. The highest BCUT2D eigenvalue weighted by atomic mass is 32.1. The summed E-state index contributed by atoms with van der Waals surface area (Å²) in [6.45, 7) is 0.983. The number of anilines is 1. The van der Waals surface area contributed by atoms with Gasteiger partial charge >= 0.3 is 5.97 Å². The Balaban J connectivity index is 1.57. The van der Waals surface area contributed by atoms with Crippen LogP contribution in [0.1, 0.15) is 18.4 Å². The number of rotatable bonds is 6. The molecule has 2 N–H and O–H groups in total. The van der Waals surface area contributed by atoms with Crippen LogP contribution in [0.2, 0.25) is 0 Å². The molecule has 1 aliphatic rings. The smallest absolute Gasteiger partial charge is 0.328 e. The van der Waals surface area contributed by atoms with Crippen LogP contribution in [-0.4, -0.2) is 32.2 Å². The molecule has 0 aliphatic heterocycles. The van der Waals surface area contributed by atoms with Gasteiger partial charge in [-0.1, -0.05) is 35.6 Å². The van der Waals surface area contributed by atoms with Gasteiger partial charge < -0.3 is 10.4 Å². The first-order valence-electron chi connectivity index (χ1n) is 7.79. The molecule has 24 heavy (non-hydrogen) atoms. The molecule has 1 saturated carbocycles. The zero-order chi connectivity index (χ0) is 16.5. The lowest BCUT2D eigenvalue weighted by molar-refractivity contribution is -0.131. The molecule has 3 aromatic rings. The number of aliphatic carboxylic acids is 1. The van der Waals surface area contributed by atoms with Crippen molar-refractivity contribution in [2.45, 2.75) is 12.8 Å². The van der Waals surface area contributed by atoms with Crippen LogP contribution in [0.25, 0.3) is 22.3 Å². The van der Waals surface area contributed by atoms with Gasteiger partial charge in [0.25, 0.3) is 0 Å². The molecule has 0 radical (unpaired) electrons. The van der Waals surface area contributed by atoms with Crippen LogP contribution in [0.15, 0.2) is 36.5 Å². The third kappa shape index (κ3) is 3.16. The van der Waals surface area contributed by atoms with Gasteiger partial charge in [-0.25, -0.2) is 14.3 Å². The molecule has 1 aliphatic carbocycles. The minimum atomic E-state index is -0.953. The predicted octanol–water partition coefficient (Wildman–Crippen LogP) is 3.38. The highest BCUT2D eigenvalue weighted by Gasteiger charge is 2.21. The van der Waals surface area contributed by atoms with E-state index in [2.05, 4.69) is 15.4 Å². The molecule has 0 spiro atoms. The van der Waals surface area contributed by atoms with Gasteiger partial charge in [0.1, 0.15) is 0 Å². The fourth-order valence-corrected chi connectivity index (χ4v) is 3.23. The number of carboxylic acid groups (broad SMARTS) is 1. The van der Waals surface area contributed by atoms with Crippen LogP contribution in [0.3, 0.4) is 0 Å². The van der Waals surface area contributed by atoms with Gasteiger partial charge in [-0.2, -0.15) is 0 Å². The predicted molar refractivity (Wildman–Crippen MR) is 94.2 cm³/mol. The molecular formula is C17H16N4O2S. The standard InChI is InChI=1S/C17H16N4O2S/c22-15(23)8-5-11-3-6-13(7-4-11)14-10-19-17-21(14)20-16(24-17)18-9-12-1-2-12/h3-8,10,12H,1-2,9H2,(H,18,20)(H,22,23)/b8-5+. The van der Waals surface area contributed by atoms with Crippen molar-refractivity contribution in [3.05, 3.63) is 42.1 Å². The molecule has 122 valence electrons. The van der Waals surface area contributed by atoms with Gasteiger partial charge in [-0.15, -0.1) is 5.10 Å². The summed E-state index contributed by atoms with van der Waals surface area (Å²) >= 11 is 1.55. The quantitative estimate of drug-likeness (QED) is 0.673. The van der Waals surface area contributed by atoms with Crippen molar-refractivity contribution in [1.29, 1.82) is 0 Å². The minimum Gasteiger partial charge on any atom is -0.478 e. The molecule has 2 heterocycles. The maximum Gasteiger partial charge on any atom is 0.328 e. The largest absolute Gasteiger partial charge is 0.478 e. The van der Waals surface area contributed by atoms with E-state index in [9.17, 15) is 4.79 Å². The maximum absolute atomic E-state index is 10.6. The summed E-state index contributed by atoms with van der Waals surface area (Å²) < 4.78 is 1.85. The Morgan fingerprint density at radius 2 is 2.17 bits per heavy atom. The molecule has 2 aromatic heterocycles. The van der Waals surface area contributed by atoms with Gasteiger partial charge in [-0.05, 0) is 30.4 Å². The first-order chi connectivity index (χ1) is 11.7. The lowest BCUT2D eigenvalue weighted by atomic mass is 10.1. The summed E-state index contributed by atoms with van der Waals surface area (Å²) in [5.41, 5.74) is 2.76. The van der Waals surface area contributed by atoms with Crippen LogP contribution in [0.4, 0.5) is 5.13 Å². The summed E-state index contributed by atoms with van der Waals surface area (Å²) in [5.74, 6) is -0.155. The Hall–Kier alpha value is -2.67. The molecule has 1 fully saturated rings. The Morgan fingerprint density at radius 3 is 2.88 bits per heavy atom. The van der Waals surface area contributed by atoms with Gasteiger partial charge in [0, 0.05) is 18.2 Å². The number of fused-ring (bicyclic) bond motifs is 1. The third-order valence-electron chi connectivity index (χ3n) is 3.95. The summed E-state index contributed by atoms with van der Waals surface area (Å²) in [6, 6.07) is 7.66. The van der Waals surface area contributed by atoms with E-state index in [-0.39, 0.29) is 0 Å². The van der Waals surface area contributed by atoms with E-state index >= 15 is 0 Å². The molecule has 0 atom stereocenters. The van der Waals surface area contributed by atoms with Gasteiger partial charge in [0.05, 0.1) is 11.9 Å². The van der Waals surface area contributed by atoms with Gasteiger partial charge in [0.15, 0.2) is 0 Å². The van der Waals surface area contributed by atoms with Crippen molar-refractivity contribution >= 4 is 33.5 Å². The monoisotopic (exact) mass is 340 g/mol. The highest BCUT2D eigenvalue weighted by Crippen LogP contribution is 2.30. The van der Waals surface area contributed by atoms with Crippen LogP contribution in [-0.2, 0) is 4.79 Å². The summed E-state index contributed by atoms with van der Waals surface area (Å²) in [4.78, 5) is 15.8. The number of nitrogens with zero attached hydrogens (tertiary/aromatic N) is 3. The fourth-order valence-electron chi connectivity index (χ4n) is 2.45. The number of hydrogen-bond donors (Lipinski definition) is 2. The summed E-state index contributed by atoms with van der Waals surface area (Å²) in [5, 5.41) is 17.5. The summed E-state index contributed by atoms with van der Waals surface area (Å²) in [7, 11) is 0. The van der Waals surface area contributed by atoms with Crippen molar-refractivity contribution < 1.29 is 9.90 Å². The van der Waals surface area contributed by atoms with Crippen molar-refractivity contribution in [2.24, 2.45) is 5.92 Å². The lowest BCUT2D eigenvalue weighted by Crippen LogP contribution is -2.03. The van der Waals surface area contributed by atoms with E-state index < -0.39 is 5.97 Å². The van der Waals surface area contributed by atoms with E-state index in [1.807, 2.05) is 35.0 Å². The lowest BCUT2D eigenvalue weighted by Gasteiger charge is -2.00. The fraction of sp³-hybridized carbons (Fsp3) is 0.235. The number of aromatic nitrogens is 3. The molecule has 1 aromatic carbocycles. The first kappa shape index (κ1) is 14.9. The van der Waals surface area contributed by atoms with E-state index in [0.29, 0.717) is 0 Å². The second-order valence-corrected chi connectivity index (χ2v) is 6.82. The van der Waals surface area contributed by atoms with Crippen LogP contribution >= 0.6 is 11.3 Å². The van der Waals surface area contributed by atoms with Crippen molar-refractivity contribution in [2.75, 3.05) is 11.9 Å². The molecule has 4 rings (SSSR count). The molecule has 0 saturated heterocycles. The zero-order valence-electron chi connectivity index (χ0n) is 12.8. The number of carbonyl (C=O) groups is 1. The normalized spacial score (nSPS) is 14.5. The maximum atomic E-state index is 10.6. The van der Waals surface area contributed by atoms with E-state index in [4.69, 9.17) is 5.11 Å². The molecule has 7 heteroatoms. The summed E-state index contributed by atoms with van der Waals surface area (Å²) in [6.07, 6.45) is 7.13. The van der Waals surface area contributed by atoms with E-state index in [1.165, 1.54) is 12.8 Å². The van der Waals surface area contributed by atoms with E-state index in [0.717, 1.165) is 45.5 Å². The van der Waals surface area contributed by atoms with Gasteiger partial charge in [-0.3, -0.25) is 0 Å². The van der Waals surface area contributed by atoms with Crippen LogP contribution < -0.4 is 5.32 Å². The van der Waals surface area contributed by atoms with Crippen molar-refractivity contribution in [1.82, 2.24) is 14.6 Å². The highest BCUT2D eigenvalue weighted by molar-refractivity contribution is 7.20. The first-order valence-corrected chi connectivity index (χ1v) is 8.60. The number of imidazole rings is 1. The Morgan fingerprint density at radius 1 is 1.38 bits per heavy atom. The molecule has 0 bridgehead atoms. The van der Waals surface area contributed by atoms with Crippen LogP contribution in [0, 0.1) is 5.92 Å². The average Bonchev–Trinajstić information content (AvgIpc) is 3.20. The molecular weight excluding hydrogens is 324 g/mol. The molecule has 6 nitrogen and oxygen atoms in total. The number of hydrogen-bond acceptors (Lipinski definition) is 5.